The van der Waals surface area contributed by atoms with E-state index in [9.17, 15) is 13.2 Å². The van der Waals surface area contributed by atoms with Crippen molar-refractivity contribution in [3.05, 3.63) is 17.5 Å². The van der Waals surface area contributed by atoms with Crippen LogP contribution >= 0.6 is 24.8 Å². The normalized spacial score (nSPS) is 16.4. The van der Waals surface area contributed by atoms with Crippen LogP contribution in [0.5, 0.6) is 0 Å². The van der Waals surface area contributed by atoms with E-state index in [0.717, 1.165) is 0 Å². The number of anilines is 1. The van der Waals surface area contributed by atoms with Crippen molar-refractivity contribution in [1.29, 1.82) is 0 Å². The molecule has 1 fully saturated rings. The number of piperidine rings is 1. The topological polar surface area (TPSA) is 63.8 Å². The highest BCUT2D eigenvalue weighted by Gasteiger charge is 2.38. The summed E-state index contributed by atoms with van der Waals surface area (Å²) >= 11 is 0. The van der Waals surface area contributed by atoms with E-state index in [1.54, 1.807) is 0 Å². The highest BCUT2D eigenvalue weighted by Crippen LogP contribution is 2.36. The van der Waals surface area contributed by atoms with Gasteiger partial charge in [-0.3, -0.25) is 0 Å². The lowest BCUT2D eigenvalue weighted by atomic mass is 9.90. The summed E-state index contributed by atoms with van der Waals surface area (Å²) < 4.78 is 38.5. The first kappa shape index (κ1) is 18.2. The summed E-state index contributed by atoms with van der Waals surface area (Å²) in [4.78, 5) is 7.02. The van der Waals surface area contributed by atoms with E-state index in [4.69, 9.17) is 5.73 Å². The Hall–Kier alpha value is -0.790. The summed E-state index contributed by atoms with van der Waals surface area (Å²) in [6.07, 6.45) is -1.94. The Balaban J connectivity index is 0.00000162. The van der Waals surface area contributed by atoms with Gasteiger partial charge in [0.15, 0.2) is 5.69 Å². The average molecular weight is 319 g/mol. The Labute approximate surface area is 121 Å². The molecule has 3 N–H and O–H groups in total. The van der Waals surface area contributed by atoms with Crippen LogP contribution in [0.4, 0.5) is 19.1 Å². The number of hydrogen-bond donors (Lipinski definition) is 2. The van der Waals surface area contributed by atoms with Gasteiger partial charge in [0.25, 0.3) is 0 Å². The molecule has 0 amide bonds. The highest BCUT2D eigenvalue weighted by atomic mass is 35.5. The first-order chi connectivity index (χ1) is 7.98. The Morgan fingerprint density at radius 2 is 1.79 bits per heavy atom. The fourth-order valence-electron chi connectivity index (χ4n) is 2.06. The third-order valence-corrected chi connectivity index (χ3v) is 2.88. The number of rotatable bonds is 1. The van der Waals surface area contributed by atoms with Crippen molar-refractivity contribution in [2.75, 3.05) is 18.8 Å². The molecule has 1 aliphatic heterocycles. The quantitative estimate of drug-likeness (QED) is 0.834. The van der Waals surface area contributed by atoms with Gasteiger partial charge in [-0.1, -0.05) is 0 Å². The van der Waals surface area contributed by atoms with Gasteiger partial charge in [-0.2, -0.15) is 13.2 Å². The lowest BCUT2D eigenvalue weighted by Gasteiger charge is -2.24. The lowest BCUT2D eigenvalue weighted by Crippen LogP contribution is -2.28. The van der Waals surface area contributed by atoms with Crippen molar-refractivity contribution in [1.82, 2.24) is 15.3 Å². The monoisotopic (exact) mass is 318 g/mol. The van der Waals surface area contributed by atoms with E-state index in [1.165, 1.54) is 6.20 Å². The molecule has 0 saturated carbocycles. The van der Waals surface area contributed by atoms with Crippen LogP contribution in [0.2, 0.25) is 0 Å². The summed E-state index contributed by atoms with van der Waals surface area (Å²) in [6.45, 7) is 1.43. The van der Waals surface area contributed by atoms with E-state index < -0.39 is 11.9 Å². The molecule has 0 spiro atoms. The molecular weight excluding hydrogens is 304 g/mol. The molecule has 1 aromatic rings. The van der Waals surface area contributed by atoms with Crippen LogP contribution in [0.15, 0.2) is 6.20 Å². The Morgan fingerprint density at radius 3 is 2.32 bits per heavy atom. The number of nitrogens with two attached hydrogens (primary N) is 1. The molecule has 110 valence electrons. The Kier molecular flexibility index (Phi) is 6.82. The molecule has 2 heterocycles. The van der Waals surface area contributed by atoms with Crippen molar-refractivity contribution >= 4 is 30.8 Å². The Morgan fingerprint density at radius 1 is 1.21 bits per heavy atom. The molecule has 0 atom stereocenters. The van der Waals surface area contributed by atoms with Gasteiger partial charge < -0.3 is 11.1 Å². The fraction of sp³-hybridized carbons (Fsp3) is 0.600. The van der Waals surface area contributed by atoms with Gasteiger partial charge in [0.1, 0.15) is 0 Å². The van der Waals surface area contributed by atoms with Gasteiger partial charge in [-0.15, -0.1) is 24.8 Å². The first-order valence-electron chi connectivity index (χ1n) is 5.39. The summed E-state index contributed by atoms with van der Waals surface area (Å²) in [5, 5.41) is 3.11. The number of halogens is 5. The predicted molar refractivity (Wildman–Crippen MR) is 70.8 cm³/mol. The predicted octanol–water partition coefficient (Wildman–Crippen LogP) is 2.39. The van der Waals surface area contributed by atoms with E-state index in [-0.39, 0.29) is 42.2 Å². The minimum absolute atomic E-state index is 0. The summed E-state index contributed by atoms with van der Waals surface area (Å²) in [6, 6.07) is 0. The van der Waals surface area contributed by atoms with Gasteiger partial charge in [0, 0.05) is 11.8 Å². The van der Waals surface area contributed by atoms with E-state index in [2.05, 4.69) is 15.3 Å². The maximum absolute atomic E-state index is 12.8. The maximum atomic E-state index is 12.8. The molecule has 1 aliphatic rings. The smallest absolute Gasteiger partial charge is 0.368 e. The largest absolute Gasteiger partial charge is 0.433 e. The zero-order valence-electron chi connectivity index (χ0n) is 9.91. The fourth-order valence-corrected chi connectivity index (χ4v) is 2.06. The molecule has 19 heavy (non-hydrogen) atoms. The second-order valence-corrected chi connectivity index (χ2v) is 4.05. The molecule has 0 aliphatic carbocycles. The lowest BCUT2D eigenvalue weighted by molar-refractivity contribution is -0.142. The van der Waals surface area contributed by atoms with Crippen molar-refractivity contribution in [2.24, 2.45) is 0 Å². The van der Waals surface area contributed by atoms with Gasteiger partial charge in [-0.25, -0.2) is 9.97 Å². The van der Waals surface area contributed by atoms with Crippen molar-refractivity contribution < 1.29 is 13.2 Å². The zero-order chi connectivity index (χ0) is 12.5. The summed E-state index contributed by atoms with van der Waals surface area (Å²) in [5.41, 5.74) is 4.49. The van der Waals surface area contributed by atoms with Crippen LogP contribution in [0.1, 0.15) is 30.0 Å². The van der Waals surface area contributed by atoms with Crippen molar-refractivity contribution in [3.63, 3.8) is 0 Å². The minimum atomic E-state index is -4.47. The molecule has 1 aromatic heterocycles. The van der Waals surface area contributed by atoms with Crippen molar-refractivity contribution in [2.45, 2.75) is 24.9 Å². The van der Waals surface area contributed by atoms with Crippen LogP contribution in [0, 0.1) is 0 Å². The Bertz CT molecular complexity index is 408. The molecule has 2 rings (SSSR count). The van der Waals surface area contributed by atoms with Gasteiger partial charge >= 0.3 is 6.18 Å². The molecule has 0 bridgehead atoms. The number of nitrogens with zero attached hydrogens (tertiary/aromatic N) is 2. The third kappa shape index (κ3) is 4.36. The average Bonchev–Trinajstić information content (AvgIpc) is 2.29. The number of hydrogen-bond acceptors (Lipinski definition) is 4. The molecule has 4 nitrogen and oxygen atoms in total. The second kappa shape index (κ2) is 7.12. The second-order valence-electron chi connectivity index (χ2n) is 4.05. The minimum Gasteiger partial charge on any atom is -0.368 e. The standard InChI is InChI=1S/C10H13F3N4.2ClH/c11-10(12,13)8-7(5-16-9(14)17-8)6-1-3-15-4-2-6;;/h5-6,15H,1-4H2,(H2,14,16,17);2*1H. The third-order valence-electron chi connectivity index (χ3n) is 2.88. The molecule has 0 aromatic carbocycles. The number of nitrogens with one attached hydrogen (secondary N) is 1. The van der Waals surface area contributed by atoms with Gasteiger partial charge in [0.2, 0.25) is 5.95 Å². The SMILES string of the molecule is Cl.Cl.Nc1ncc(C2CCNCC2)c(C(F)(F)F)n1. The summed E-state index contributed by atoms with van der Waals surface area (Å²) in [5.74, 6) is -0.483. The van der Waals surface area contributed by atoms with Crippen LogP contribution < -0.4 is 11.1 Å². The maximum Gasteiger partial charge on any atom is 0.433 e. The molecule has 9 heteroatoms. The van der Waals surface area contributed by atoms with Crippen LogP contribution in [0.25, 0.3) is 0 Å². The highest BCUT2D eigenvalue weighted by molar-refractivity contribution is 5.85. The van der Waals surface area contributed by atoms with Gasteiger partial charge in [-0.05, 0) is 31.8 Å². The molecular formula is C10H15Cl2F3N4. The van der Waals surface area contributed by atoms with Crippen molar-refractivity contribution in [3.8, 4) is 0 Å². The van der Waals surface area contributed by atoms with Crippen LogP contribution in [-0.2, 0) is 6.18 Å². The molecule has 1 saturated heterocycles. The first-order valence-corrected chi connectivity index (χ1v) is 5.39. The van der Waals surface area contributed by atoms with Gasteiger partial charge in [0.05, 0.1) is 0 Å². The number of aromatic nitrogens is 2. The van der Waals surface area contributed by atoms with E-state index in [1.807, 2.05) is 0 Å². The zero-order valence-corrected chi connectivity index (χ0v) is 11.5. The number of alkyl halides is 3. The van der Waals surface area contributed by atoms with E-state index in [0.29, 0.717) is 25.9 Å². The van der Waals surface area contributed by atoms with Crippen LogP contribution in [-0.4, -0.2) is 23.1 Å². The van der Waals surface area contributed by atoms with E-state index >= 15 is 0 Å². The summed E-state index contributed by atoms with van der Waals surface area (Å²) in [7, 11) is 0. The van der Waals surface area contributed by atoms with Crippen LogP contribution in [0.3, 0.4) is 0 Å². The molecule has 0 unspecified atom stereocenters. The number of nitrogen functional groups attached to an aromatic ring is 1. The molecule has 0 radical (unpaired) electrons.